The summed E-state index contributed by atoms with van der Waals surface area (Å²) in [5.74, 6) is -0.194. The fourth-order valence-electron chi connectivity index (χ4n) is 2.89. The van der Waals surface area contributed by atoms with E-state index in [4.69, 9.17) is 9.16 Å². The predicted molar refractivity (Wildman–Crippen MR) is 71.2 cm³/mol. The largest absolute Gasteiger partial charge is 0.466 e. The van der Waals surface area contributed by atoms with Crippen molar-refractivity contribution in [2.75, 3.05) is 7.11 Å². The maximum Gasteiger partial charge on any atom is 0.332 e. The summed E-state index contributed by atoms with van der Waals surface area (Å²) in [5, 5.41) is 0.859. The van der Waals surface area contributed by atoms with Gasteiger partial charge in [0.05, 0.1) is 18.4 Å². The molecule has 0 aromatic carbocycles. The van der Waals surface area contributed by atoms with Gasteiger partial charge in [-0.3, -0.25) is 0 Å². The lowest BCUT2D eigenvalue weighted by Crippen LogP contribution is -2.47. The zero-order chi connectivity index (χ0) is 13.4. The molecule has 1 atom stereocenters. The Kier molecular flexibility index (Phi) is 4.20. The summed E-state index contributed by atoms with van der Waals surface area (Å²) in [5.41, 5.74) is 1.80. The normalized spacial score (nSPS) is 23.7. The van der Waals surface area contributed by atoms with Crippen molar-refractivity contribution < 1.29 is 14.0 Å². The van der Waals surface area contributed by atoms with Gasteiger partial charge in [0.25, 0.3) is 0 Å². The minimum Gasteiger partial charge on any atom is -0.466 e. The minimum atomic E-state index is -2.22. The van der Waals surface area contributed by atoms with Gasteiger partial charge in [-0.15, -0.1) is 0 Å². The highest BCUT2D eigenvalue weighted by Crippen LogP contribution is 2.46. The number of hydrogen-bond acceptors (Lipinski definition) is 3. The van der Waals surface area contributed by atoms with Crippen LogP contribution < -0.4 is 0 Å². The van der Waals surface area contributed by atoms with Crippen molar-refractivity contribution in [2.45, 2.75) is 58.7 Å². The highest BCUT2D eigenvalue weighted by Gasteiger charge is 2.55. The highest BCUT2D eigenvalue weighted by molar-refractivity contribution is 6.88. The summed E-state index contributed by atoms with van der Waals surface area (Å²) in [4.78, 5) is 12.1. The maximum atomic E-state index is 12.1. The van der Waals surface area contributed by atoms with E-state index in [-0.39, 0.29) is 12.1 Å². The second kappa shape index (κ2) is 4.94. The Morgan fingerprint density at radius 2 is 1.76 bits per heavy atom. The molecule has 0 radical (unpaired) electrons. The molecular weight excluding hydrogens is 232 g/mol. The van der Waals surface area contributed by atoms with Crippen LogP contribution in [0.1, 0.15) is 41.5 Å². The standard InChI is InChI=1S/C13H24O3Si/c1-8(2)17(9(3)4)12(13(14)15-7)10(5)11(6)16-17/h8-9,11H,1-7H3. The first-order chi connectivity index (χ1) is 7.78. The van der Waals surface area contributed by atoms with Crippen LogP contribution in [0.2, 0.25) is 11.1 Å². The number of methoxy groups -OCH3 is 1. The lowest BCUT2D eigenvalue weighted by atomic mass is 10.2. The Morgan fingerprint density at radius 3 is 2.12 bits per heavy atom. The zero-order valence-corrected chi connectivity index (χ0v) is 13.0. The molecule has 0 saturated carbocycles. The average molecular weight is 256 g/mol. The van der Waals surface area contributed by atoms with Crippen LogP contribution in [0.3, 0.4) is 0 Å². The van der Waals surface area contributed by atoms with Crippen molar-refractivity contribution in [3.05, 3.63) is 10.8 Å². The molecule has 0 spiro atoms. The molecule has 4 heteroatoms. The predicted octanol–water partition coefficient (Wildman–Crippen LogP) is 3.20. The van der Waals surface area contributed by atoms with Gasteiger partial charge in [0.2, 0.25) is 8.32 Å². The van der Waals surface area contributed by atoms with Crippen molar-refractivity contribution in [1.82, 2.24) is 0 Å². The monoisotopic (exact) mass is 256 g/mol. The maximum absolute atomic E-state index is 12.1. The molecule has 3 nitrogen and oxygen atoms in total. The van der Waals surface area contributed by atoms with Gasteiger partial charge in [0, 0.05) is 0 Å². The van der Waals surface area contributed by atoms with Gasteiger partial charge in [-0.05, 0) is 30.5 Å². The molecule has 0 amide bonds. The molecule has 0 aromatic heterocycles. The van der Waals surface area contributed by atoms with Gasteiger partial charge >= 0.3 is 5.97 Å². The number of carbonyl (C=O) groups excluding carboxylic acids is 1. The Balaban J connectivity index is 3.37. The van der Waals surface area contributed by atoms with Crippen LogP contribution in [0.4, 0.5) is 0 Å². The summed E-state index contributed by atoms with van der Waals surface area (Å²) >= 11 is 0. The molecule has 1 aliphatic heterocycles. The van der Waals surface area contributed by atoms with E-state index in [0.717, 1.165) is 10.8 Å². The summed E-state index contributed by atoms with van der Waals surface area (Å²) < 4.78 is 11.3. The average Bonchev–Trinajstić information content (AvgIpc) is 2.52. The lowest BCUT2D eigenvalue weighted by molar-refractivity contribution is -0.135. The van der Waals surface area contributed by atoms with Gasteiger partial charge in [0.1, 0.15) is 0 Å². The molecule has 0 aromatic rings. The second-order valence-electron chi connectivity index (χ2n) is 5.41. The van der Waals surface area contributed by atoms with E-state index in [1.807, 2.05) is 13.8 Å². The Morgan fingerprint density at radius 1 is 1.29 bits per heavy atom. The van der Waals surface area contributed by atoms with Crippen LogP contribution in [0, 0.1) is 0 Å². The number of carbonyl (C=O) groups is 1. The minimum absolute atomic E-state index is 0.0422. The van der Waals surface area contributed by atoms with Crippen LogP contribution in [0.5, 0.6) is 0 Å². The summed E-state index contributed by atoms with van der Waals surface area (Å²) in [6, 6.07) is 0. The molecule has 1 aliphatic rings. The van der Waals surface area contributed by atoms with Crippen molar-refractivity contribution in [2.24, 2.45) is 0 Å². The first-order valence-corrected chi connectivity index (χ1v) is 8.32. The van der Waals surface area contributed by atoms with Crippen LogP contribution in [0.15, 0.2) is 10.8 Å². The zero-order valence-electron chi connectivity index (χ0n) is 12.0. The molecule has 0 bridgehead atoms. The van der Waals surface area contributed by atoms with E-state index >= 15 is 0 Å². The fourth-order valence-corrected chi connectivity index (χ4v) is 8.04. The van der Waals surface area contributed by atoms with Gasteiger partial charge in [-0.2, -0.15) is 0 Å². The Hall–Kier alpha value is -0.613. The molecule has 1 unspecified atom stereocenters. The fraction of sp³-hybridized carbons (Fsp3) is 0.769. The topological polar surface area (TPSA) is 35.5 Å². The summed E-state index contributed by atoms with van der Waals surface area (Å²) in [6.07, 6.45) is 0.0422. The Bertz CT molecular complexity index is 337. The van der Waals surface area contributed by atoms with Crippen LogP contribution in [-0.4, -0.2) is 27.5 Å². The molecule has 0 saturated heterocycles. The van der Waals surface area contributed by atoms with E-state index in [0.29, 0.717) is 11.1 Å². The van der Waals surface area contributed by atoms with Crippen molar-refractivity contribution in [3.8, 4) is 0 Å². The second-order valence-corrected chi connectivity index (χ2v) is 10.0. The van der Waals surface area contributed by atoms with Crippen molar-refractivity contribution >= 4 is 14.3 Å². The third-order valence-electron chi connectivity index (χ3n) is 3.87. The van der Waals surface area contributed by atoms with Gasteiger partial charge in [-0.25, -0.2) is 4.79 Å². The van der Waals surface area contributed by atoms with Gasteiger partial charge in [0.15, 0.2) is 0 Å². The number of ether oxygens (including phenoxy) is 1. The highest BCUT2D eigenvalue weighted by atomic mass is 28.4. The summed E-state index contributed by atoms with van der Waals surface area (Å²) in [7, 11) is -0.772. The quantitative estimate of drug-likeness (QED) is 0.574. The molecule has 0 aliphatic carbocycles. The third kappa shape index (κ3) is 2.08. The molecular formula is C13H24O3Si. The first-order valence-electron chi connectivity index (χ1n) is 6.26. The van der Waals surface area contributed by atoms with Gasteiger partial charge < -0.3 is 9.16 Å². The SMILES string of the molecule is COC(=O)C1=C(C)C(C)O[Si]1(C(C)C)C(C)C. The Labute approximate surface area is 105 Å². The summed E-state index contributed by atoms with van der Waals surface area (Å²) in [6.45, 7) is 12.6. The van der Waals surface area contributed by atoms with E-state index in [2.05, 4.69) is 27.7 Å². The van der Waals surface area contributed by atoms with E-state index in [1.54, 1.807) is 0 Å². The van der Waals surface area contributed by atoms with E-state index in [9.17, 15) is 4.79 Å². The number of esters is 1. The van der Waals surface area contributed by atoms with E-state index < -0.39 is 8.32 Å². The molecule has 17 heavy (non-hydrogen) atoms. The first kappa shape index (κ1) is 14.4. The number of hydrogen-bond donors (Lipinski definition) is 0. The van der Waals surface area contributed by atoms with Crippen LogP contribution in [0.25, 0.3) is 0 Å². The van der Waals surface area contributed by atoms with Crippen LogP contribution >= 0.6 is 0 Å². The molecule has 1 heterocycles. The molecule has 98 valence electrons. The van der Waals surface area contributed by atoms with Crippen molar-refractivity contribution in [3.63, 3.8) is 0 Å². The molecule has 1 rings (SSSR count). The molecule has 0 fully saturated rings. The van der Waals surface area contributed by atoms with E-state index in [1.165, 1.54) is 7.11 Å². The van der Waals surface area contributed by atoms with Crippen LogP contribution in [-0.2, 0) is 14.0 Å². The smallest absolute Gasteiger partial charge is 0.332 e. The van der Waals surface area contributed by atoms with Gasteiger partial charge in [-0.1, -0.05) is 27.7 Å². The molecule has 0 N–H and O–H groups in total. The lowest BCUT2D eigenvalue weighted by Gasteiger charge is -2.36. The van der Waals surface area contributed by atoms with Crippen molar-refractivity contribution in [1.29, 1.82) is 0 Å². The number of rotatable bonds is 3. The third-order valence-corrected chi connectivity index (χ3v) is 9.43.